The minimum Gasteiger partial charge on any atom is -0.323 e. The first kappa shape index (κ1) is 17.7. The van der Waals surface area contributed by atoms with Gasteiger partial charge in [-0.2, -0.15) is 10.2 Å². The first-order valence-corrected chi connectivity index (χ1v) is 9.70. The van der Waals surface area contributed by atoms with Gasteiger partial charge in [0.05, 0.1) is 17.1 Å². The summed E-state index contributed by atoms with van der Waals surface area (Å²) in [5.41, 5.74) is 8.42. The zero-order valence-corrected chi connectivity index (χ0v) is 16.2. The Hall–Kier alpha value is -3.40. The summed E-state index contributed by atoms with van der Waals surface area (Å²) in [7, 11) is 0. The van der Waals surface area contributed by atoms with Crippen molar-refractivity contribution in [3.8, 4) is 0 Å². The van der Waals surface area contributed by atoms with Crippen molar-refractivity contribution in [2.45, 2.75) is 45.1 Å². The quantitative estimate of drug-likeness (QED) is 0.681. The highest BCUT2D eigenvalue weighted by Crippen LogP contribution is 2.39. The van der Waals surface area contributed by atoms with E-state index in [1.54, 1.807) is 28.0 Å². The van der Waals surface area contributed by atoms with Gasteiger partial charge in [0.25, 0.3) is 5.56 Å². The number of allylic oxidation sites excluding steroid dienone is 2. The fraction of sp³-hybridized carbons (Fsp3) is 0.368. The highest BCUT2D eigenvalue weighted by atomic mass is 16.2. The fourth-order valence-corrected chi connectivity index (χ4v) is 3.43. The molecule has 10 heteroatoms. The second-order valence-corrected chi connectivity index (χ2v) is 7.78. The van der Waals surface area contributed by atoms with Crippen molar-refractivity contribution < 1.29 is 4.79 Å². The molecular formula is C19H22N8O2. The monoisotopic (exact) mass is 394 g/mol. The summed E-state index contributed by atoms with van der Waals surface area (Å²) >= 11 is 0. The molecule has 1 amide bonds. The van der Waals surface area contributed by atoms with Gasteiger partial charge in [-0.05, 0) is 31.1 Å². The van der Waals surface area contributed by atoms with E-state index in [0.717, 1.165) is 24.2 Å². The lowest BCUT2D eigenvalue weighted by atomic mass is 10.2. The van der Waals surface area contributed by atoms with E-state index in [4.69, 9.17) is 0 Å². The van der Waals surface area contributed by atoms with Crippen LogP contribution >= 0.6 is 0 Å². The number of fused-ring (bicyclic) bond motifs is 2. The molecule has 29 heavy (non-hydrogen) atoms. The molecule has 2 aromatic rings. The summed E-state index contributed by atoms with van der Waals surface area (Å²) in [6.07, 6.45) is 9.42. The predicted octanol–water partition coefficient (Wildman–Crippen LogP) is 0.585. The normalized spacial score (nSPS) is 18.0. The SMILES string of the molecule is CC(C)c1nn(CC(=O)NC2=CN3NNC=C3C=C2)c(=O)c2cc(C3CC3)nn12. The number of hydrogen-bond donors (Lipinski definition) is 3. The van der Waals surface area contributed by atoms with E-state index in [9.17, 15) is 9.59 Å². The smallest absolute Gasteiger partial charge is 0.293 e. The van der Waals surface area contributed by atoms with Gasteiger partial charge in [-0.3, -0.25) is 14.6 Å². The number of nitrogens with one attached hydrogen (secondary N) is 3. The third kappa shape index (κ3) is 3.21. The van der Waals surface area contributed by atoms with Gasteiger partial charge in [-0.15, -0.1) is 5.53 Å². The van der Waals surface area contributed by atoms with Crippen molar-refractivity contribution in [2.75, 3.05) is 0 Å². The molecule has 1 aliphatic carbocycles. The molecule has 5 rings (SSSR count). The van der Waals surface area contributed by atoms with E-state index in [1.807, 2.05) is 26.0 Å². The van der Waals surface area contributed by atoms with Gasteiger partial charge in [-0.1, -0.05) is 13.8 Å². The maximum Gasteiger partial charge on any atom is 0.293 e. The van der Waals surface area contributed by atoms with Crippen molar-refractivity contribution in [3.05, 3.63) is 63.9 Å². The predicted molar refractivity (Wildman–Crippen MR) is 105 cm³/mol. The van der Waals surface area contributed by atoms with Crippen LogP contribution in [-0.4, -0.2) is 30.3 Å². The Kier molecular flexibility index (Phi) is 4.02. The first-order chi connectivity index (χ1) is 14.0. The Balaban J connectivity index is 1.42. The van der Waals surface area contributed by atoms with Gasteiger partial charge in [0.1, 0.15) is 12.1 Å². The molecule has 0 radical (unpaired) electrons. The van der Waals surface area contributed by atoms with Gasteiger partial charge in [0, 0.05) is 24.2 Å². The number of aromatic nitrogens is 4. The third-order valence-corrected chi connectivity index (χ3v) is 5.10. The molecule has 2 aliphatic heterocycles. The van der Waals surface area contributed by atoms with Crippen molar-refractivity contribution >= 4 is 11.4 Å². The summed E-state index contributed by atoms with van der Waals surface area (Å²) in [4.78, 5) is 25.5. The number of carbonyl (C=O) groups excluding carboxylic acids is 1. The van der Waals surface area contributed by atoms with Crippen LogP contribution in [0.4, 0.5) is 0 Å². The summed E-state index contributed by atoms with van der Waals surface area (Å²) in [5.74, 6) is 0.834. The summed E-state index contributed by atoms with van der Waals surface area (Å²) in [5, 5.41) is 13.6. The Morgan fingerprint density at radius 3 is 2.90 bits per heavy atom. The van der Waals surface area contributed by atoms with E-state index in [-0.39, 0.29) is 23.9 Å². The molecule has 3 aliphatic rings. The van der Waals surface area contributed by atoms with Gasteiger partial charge >= 0.3 is 0 Å². The molecule has 10 nitrogen and oxygen atoms in total. The maximum atomic E-state index is 12.9. The Morgan fingerprint density at radius 2 is 2.14 bits per heavy atom. The molecule has 0 bridgehead atoms. The van der Waals surface area contributed by atoms with Crippen LogP contribution in [0.15, 0.2) is 46.8 Å². The molecule has 0 saturated heterocycles. The van der Waals surface area contributed by atoms with Gasteiger partial charge in [0.15, 0.2) is 5.82 Å². The van der Waals surface area contributed by atoms with Crippen LogP contribution in [0.5, 0.6) is 0 Å². The standard InChI is InChI=1S/C19H22N8O2/c1-11(2)18-23-26(19(29)16-7-15(12-3-4-12)22-27(16)18)10-17(28)21-13-5-6-14-8-20-24-25(14)9-13/h5-9,11-12,20,24H,3-4,10H2,1-2H3,(H,21,28). The van der Waals surface area contributed by atoms with Crippen molar-refractivity contribution in [2.24, 2.45) is 0 Å². The molecule has 0 aromatic carbocycles. The molecule has 4 heterocycles. The van der Waals surface area contributed by atoms with E-state index < -0.39 is 0 Å². The second kappa shape index (κ2) is 6.59. The largest absolute Gasteiger partial charge is 0.323 e. The molecule has 0 atom stereocenters. The molecule has 1 fully saturated rings. The molecule has 0 spiro atoms. The third-order valence-electron chi connectivity index (χ3n) is 5.10. The average Bonchev–Trinajstić information content (AvgIpc) is 3.26. The lowest BCUT2D eigenvalue weighted by Gasteiger charge is -2.20. The van der Waals surface area contributed by atoms with E-state index >= 15 is 0 Å². The fourth-order valence-electron chi connectivity index (χ4n) is 3.43. The zero-order valence-electron chi connectivity index (χ0n) is 16.2. The number of hydrazine groups is 2. The second-order valence-electron chi connectivity index (χ2n) is 7.78. The first-order valence-electron chi connectivity index (χ1n) is 9.70. The van der Waals surface area contributed by atoms with E-state index in [2.05, 4.69) is 26.5 Å². The lowest BCUT2D eigenvalue weighted by molar-refractivity contribution is -0.121. The minimum atomic E-state index is -0.323. The number of amides is 1. The number of nitrogens with zero attached hydrogens (tertiary/aromatic N) is 5. The number of carbonyl (C=O) groups is 1. The van der Waals surface area contributed by atoms with Gasteiger partial charge in [0.2, 0.25) is 5.91 Å². The van der Waals surface area contributed by atoms with E-state index in [1.165, 1.54) is 4.68 Å². The van der Waals surface area contributed by atoms with Crippen molar-refractivity contribution in [1.82, 2.24) is 40.7 Å². The molecule has 3 N–H and O–H groups in total. The average molecular weight is 394 g/mol. The van der Waals surface area contributed by atoms with Crippen LogP contribution < -0.4 is 21.8 Å². The van der Waals surface area contributed by atoms with Crippen LogP contribution in [0, 0.1) is 0 Å². The van der Waals surface area contributed by atoms with Crippen LogP contribution in [0.3, 0.4) is 0 Å². The van der Waals surface area contributed by atoms with Crippen molar-refractivity contribution in [3.63, 3.8) is 0 Å². The molecule has 150 valence electrons. The maximum absolute atomic E-state index is 12.9. The molecule has 0 unspecified atom stereocenters. The highest BCUT2D eigenvalue weighted by molar-refractivity contribution is 5.78. The number of hydrogen-bond acceptors (Lipinski definition) is 7. The lowest BCUT2D eigenvalue weighted by Crippen LogP contribution is -2.38. The minimum absolute atomic E-state index is 0.0577. The molecule has 2 aromatic heterocycles. The zero-order chi connectivity index (χ0) is 20.1. The summed E-state index contributed by atoms with van der Waals surface area (Å²) < 4.78 is 2.87. The van der Waals surface area contributed by atoms with Crippen LogP contribution in [0.2, 0.25) is 0 Å². The van der Waals surface area contributed by atoms with Crippen molar-refractivity contribution in [1.29, 1.82) is 0 Å². The van der Waals surface area contributed by atoms with Crippen LogP contribution in [-0.2, 0) is 11.3 Å². The van der Waals surface area contributed by atoms with Crippen LogP contribution in [0.25, 0.3) is 5.52 Å². The van der Waals surface area contributed by atoms with Gasteiger partial charge < -0.3 is 10.7 Å². The highest BCUT2D eigenvalue weighted by Gasteiger charge is 2.28. The van der Waals surface area contributed by atoms with Gasteiger partial charge in [-0.25, -0.2) is 9.20 Å². The number of rotatable bonds is 5. The molecule has 1 saturated carbocycles. The summed E-state index contributed by atoms with van der Waals surface area (Å²) in [6, 6.07) is 1.84. The molecular weight excluding hydrogens is 372 g/mol. The Morgan fingerprint density at radius 1 is 1.31 bits per heavy atom. The Labute approximate surface area is 166 Å². The van der Waals surface area contributed by atoms with Crippen LogP contribution in [0.1, 0.15) is 50.0 Å². The van der Waals surface area contributed by atoms with E-state index in [0.29, 0.717) is 23.0 Å². The Bertz CT molecular complexity index is 1150. The summed E-state index contributed by atoms with van der Waals surface area (Å²) in [6.45, 7) is 3.82. The topological polar surface area (TPSA) is 109 Å².